The standard InChI is InChI=1S/C10H13NO2/c1-2-11-10(13)9-6-4-3-5-8(9)7-12/h5-7H,2-4H2,1H3,(H,11,13). The maximum Gasteiger partial charge on any atom is 0.251 e. The van der Waals surface area contributed by atoms with Gasteiger partial charge in [0.25, 0.3) is 5.91 Å². The van der Waals surface area contributed by atoms with E-state index in [1.54, 1.807) is 6.08 Å². The van der Waals surface area contributed by atoms with Crippen molar-refractivity contribution in [3.8, 4) is 0 Å². The largest absolute Gasteiger partial charge is 0.352 e. The predicted molar refractivity (Wildman–Crippen MR) is 50.1 cm³/mol. The molecule has 0 aromatic carbocycles. The first-order chi connectivity index (χ1) is 6.29. The molecular weight excluding hydrogens is 166 g/mol. The summed E-state index contributed by atoms with van der Waals surface area (Å²) in [6.07, 6.45) is 6.04. The Labute approximate surface area is 77.5 Å². The van der Waals surface area contributed by atoms with Crippen molar-refractivity contribution >= 4 is 12.2 Å². The van der Waals surface area contributed by atoms with Gasteiger partial charge >= 0.3 is 0 Å². The fourth-order valence-electron chi connectivity index (χ4n) is 1.29. The molecule has 1 aliphatic carbocycles. The quantitative estimate of drug-likeness (QED) is 0.656. The predicted octanol–water partition coefficient (Wildman–Crippen LogP) is 0.968. The van der Waals surface area contributed by atoms with Gasteiger partial charge < -0.3 is 5.32 Å². The molecule has 1 rings (SSSR count). The van der Waals surface area contributed by atoms with Gasteiger partial charge in [0.05, 0.1) is 0 Å². The summed E-state index contributed by atoms with van der Waals surface area (Å²) in [5, 5.41) is 2.67. The molecule has 13 heavy (non-hydrogen) atoms. The van der Waals surface area contributed by atoms with Gasteiger partial charge in [0, 0.05) is 17.7 Å². The van der Waals surface area contributed by atoms with E-state index in [4.69, 9.17) is 0 Å². The second-order valence-electron chi connectivity index (χ2n) is 2.83. The van der Waals surface area contributed by atoms with Crippen LogP contribution in [0.25, 0.3) is 0 Å². The van der Waals surface area contributed by atoms with E-state index in [2.05, 4.69) is 5.32 Å². The third-order valence-electron chi connectivity index (χ3n) is 1.90. The van der Waals surface area contributed by atoms with E-state index < -0.39 is 0 Å². The molecule has 0 aliphatic heterocycles. The maximum absolute atomic E-state index is 11.4. The van der Waals surface area contributed by atoms with Crippen LogP contribution < -0.4 is 5.32 Å². The van der Waals surface area contributed by atoms with E-state index in [-0.39, 0.29) is 5.91 Å². The van der Waals surface area contributed by atoms with Crippen LogP contribution in [0, 0.1) is 0 Å². The zero-order chi connectivity index (χ0) is 9.68. The lowest BCUT2D eigenvalue weighted by Gasteiger charge is -2.10. The highest BCUT2D eigenvalue weighted by Gasteiger charge is 2.14. The first-order valence-corrected chi connectivity index (χ1v) is 4.43. The summed E-state index contributed by atoms with van der Waals surface area (Å²) in [4.78, 5) is 22.0. The van der Waals surface area contributed by atoms with Crippen molar-refractivity contribution in [2.24, 2.45) is 0 Å². The molecule has 0 saturated heterocycles. The summed E-state index contributed by atoms with van der Waals surface area (Å²) in [7, 11) is 0. The molecule has 3 nitrogen and oxygen atoms in total. The van der Waals surface area contributed by atoms with E-state index in [1.807, 2.05) is 13.0 Å². The summed E-state index contributed by atoms with van der Waals surface area (Å²) in [6.45, 7) is 2.44. The van der Waals surface area contributed by atoms with Crippen molar-refractivity contribution in [2.45, 2.75) is 19.8 Å². The number of amides is 1. The van der Waals surface area contributed by atoms with E-state index >= 15 is 0 Å². The first kappa shape index (κ1) is 9.71. The molecule has 0 atom stereocenters. The van der Waals surface area contributed by atoms with Crippen LogP contribution in [0.2, 0.25) is 0 Å². The Morgan fingerprint density at radius 3 is 2.85 bits per heavy atom. The Hall–Kier alpha value is -1.38. The van der Waals surface area contributed by atoms with Crippen molar-refractivity contribution in [3.05, 3.63) is 23.3 Å². The number of hydrogen-bond acceptors (Lipinski definition) is 2. The summed E-state index contributed by atoms with van der Waals surface area (Å²) in [5.41, 5.74) is 1.03. The molecule has 70 valence electrons. The fraction of sp³-hybridized carbons (Fsp3) is 0.400. The number of carbonyl (C=O) groups is 2. The van der Waals surface area contributed by atoms with Gasteiger partial charge in [0.1, 0.15) is 0 Å². The molecular formula is C10H13NO2. The average molecular weight is 179 g/mol. The van der Waals surface area contributed by atoms with Crippen LogP contribution in [0.15, 0.2) is 23.3 Å². The number of nitrogens with one attached hydrogen (secondary N) is 1. The molecule has 0 spiro atoms. The van der Waals surface area contributed by atoms with Gasteiger partial charge in [-0.05, 0) is 19.8 Å². The molecule has 1 N–H and O–H groups in total. The molecule has 1 amide bonds. The Balaban J connectivity index is 2.77. The number of carbonyl (C=O) groups excluding carboxylic acids is 2. The molecule has 0 aromatic heterocycles. The van der Waals surface area contributed by atoms with Crippen molar-refractivity contribution < 1.29 is 9.59 Å². The molecule has 0 heterocycles. The van der Waals surface area contributed by atoms with Crippen LogP contribution in [0.4, 0.5) is 0 Å². The third-order valence-corrected chi connectivity index (χ3v) is 1.90. The number of allylic oxidation sites excluding steroid dienone is 2. The molecule has 0 aromatic rings. The highest BCUT2D eigenvalue weighted by molar-refractivity contribution is 6.05. The van der Waals surface area contributed by atoms with Gasteiger partial charge in [-0.2, -0.15) is 0 Å². The highest BCUT2D eigenvalue weighted by atomic mass is 16.2. The Morgan fingerprint density at radius 1 is 1.54 bits per heavy atom. The fourth-order valence-corrected chi connectivity index (χ4v) is 1.29. The van der Waals surface area contributed by atoms with E-state index in [0.29, 0.717) is 17.7 Å². The van der Waals surface area contributed by atoms with E-state index in [0.717, 1.165) is 19.1 Å². The van der Waals surface area contributed by atoms with Crippen molar-refractivity contribution in [1.82, 2.24) is 5.32 Å². The topological polar surface area (TPSA) is 46.2 Å². The minimum absolute atomic E-state index is 0.152. The van der Waals surface area contributed by atoms with Crippen molar-refractivity contribution in [1.29, 1.82) is 0 Å². The van der Waals surface area contributed by atoms with Crippen LogP contribution in [-0.2, 0) is 9.59 Å². The Morgan fingerprint density at radius 2 is 2.23 bits per heavy atom. The lowest BCUT2D eigenvalue weighted by molar-refractivity contribution is -0.117. The molecule has 0 radical (unpaired) electrons. The molecule has 3 heteroatoms. The molecule has 1 aliphatic rings. The third kappa shape index (κ3) is 2.28. The van der Waals surface area contributed by atoms with Gasteiger partial charge in [-0.15, -0.1) is 0 Å². The highest BCUT2D eigenvalue weighted by Crippen LogP contribution is 2.16. The minimum Gasteiger partial charge on any atom is -0.352 e. The van der Waals surface area contributed by atoms with Crippen LogP contribution in [0.3, 0.4) is 0 Å². The van der Waals surface area contributed by atoms with Crippen molar-refractivity contribution in [2.75, 3.05) is 6.54 Å². The first-order valence-electron chi connectivity index (χ1n) is 4.43. The maximum atomic E-state index is 11.4. The molecule has 0 saturated carbocycles. The normalized spacial score (nSPS) is 15.8. The average Bonchev–Trinajstić information content (AvgIpc) is 2.18. The van der Waals surface area contributed by atoms with Crippen LogP contribution in [-0.4, -0.2) is 18.7 Å². The molecule has 0 bridgehead atoms. The van der Waals surface area contributed by atoms with Gasteiger partial charge in [-0.1, -0.05) is 12.2 Å². The monoisotopic (exact) mass is 179 g/mol. The molecule has 0 fully saturated rings. The van der Waals surface area contributed by atoms with E-state index in [9.17, 15) is 9.59 Å². The Kier molecular flexibility index (Phi) is 3.43. The SMILES string of the molecule is CCNC(=O)C1=CCCC=C1C=O. The smallest absolute Gasteiger partial charge is 0.251 e. The number of hydrogen-bond donors (Lipinski definition) is 1. The summed E-state index contributed by atoms with van der Waals surface area (Å²) in [6, 6.07) is 0. The van der Waals surface area contributed by atoms with Crippen molar-refractivity contribution in [3.63, 3.8) is 0 Å². The van der Waals surface area contributed by atoms with E-state index in [1.165, 1.54) is 0 Å². The zero-order valence-corrected chi connectivity index (χ0v) is 7.67. The zero-order valence-electron chi connectivity index (χ0n) is 7.67. The second kappa shape index (κ2) is 4.60. The lowest BCUT2D eigenvalue weighted by Crippen LogP contribution is -2.26. The summed E-state index contributed by atoms with van der Waals surface area (Å²) >= 11 is 0. The Bertz CT molecular complexity index is 277. The number of rotatable bonds is 3. The van der Waals surface area contributed by atoms with Gasteiger partial charge in [0.15, 0.2) is 6.29 Å². The van der Waals surface area contributed by atoms with Crippen LogP contribution in [0.1, 0.15) is 19.8 Å². The van der Waals surface area contributed by atoms with Crippen LogP contribution in [0.5, 0.6) is 0 Å². The summed E-state index contributed by atoms with van der Waals surface area (Å²) in [5.74, 6) is -0.152. The number of aldehydes is 1. The minimum atomic E-state index is -0.152. The summed E-state index contributed by atoms with van der Waals surface area (Å²) < 4.78 is 0. The second-order valence-corrected chi connectivity index (χ2v) is 2.83. The lowest BCUT2D eigenvalue weighted by atomic mass is 9.98. The van der Waals surface area contributed by atoms with Gasteiger partial charge in [-0.25, -0.2) is 0 Å². The number of likely N-dealkylation sites (N-methyl/N-ethyl adjacent to an activating group) is 1. The molecule has 0 unspecified atom stereocenters. The van der Waals surface area contributed by atoms with Crippen LogP contribution >= 0.6 is 0 Å². The van der Waals surface area contributed by atoms with Gasteiger partial charge in [-0.3, -0.25) is 9.59 Å². The van der Waals surface area contributed by atoms with Gasteiger partial charge in [0.2, 0.25) is 0 Å².